The van der Waals surface area contributed by atoms with E-state index in [1.807, 2.05) is 30.3 Å². The van der Waals surface area contributed by atoms with Gasteiger partial charge < -0.3 is 4.74 Å². The Morgan fingerprint density at radius 1 is 0.900 bits per heavy atom. The van der Waals surface area contributed by atoms with E-state index >= 15 is 0 Å². The maximum absolute atomic E-state index is 12.9. The molecule has 6 nitrogen and oxygen atoms in total. The fraction of sp³-hybridized carbons (Fsp3) is 0.0833. The zero-order valence-electron chi connectivity index (χ0n) is 16.2. The molecule has 4 aromatic rings. The van der Waals surface area contributed by atoms with Crippen molar-refractivity contribution in [1.29, 1.82) is 0 Å². The Morgan fingerprint density at radius 2 is 1.60 bits per heavy atom. The molecule has 0 unspecified atom stereocenters. The van der Waals surface area contributed by atoms with Gasteiger partial charge in [0.15, 0.2) is 11.5 Å². The Balaban J connectivity index is 1.76. The highest BCUT2D eigenvalue weighted by Gasteiger charge is 2.19. The number of ketones is 1. The van der Waals surface area contributed by atoms with Crippen LogP contribution in [-0.2, 0) is 6.54 Å². The van der Waals surface area contributed by atoms with Gasteiger partial charge in [-0.05, 0) is 30.7 Å². The van der Waals surface area contributed by atoms with Crippen LogP contribution in [0.2, 0.25) is 0 Å². The van der Waals surface area contributed by atoms with Crippen LogP contribution in [0.5, 0.6) is 5.75 Å². The van der Waals surface area contributed by atoms with Crippen molar-refractivity contribution in [2.45, 2.75) is 13.5 Å². The van der Waals surface area contributed by atoms with Crippen molar-refractivity contribution >= 4 is 22.5 Å². The summed E-state index contributed by atoms with van der Waals surface area (Å²) in [6.07, 6.45) is 0. The summed E-state index contributed by atoms with van der Waals surface area (Å²) in [7, 11) is 0. The van der Waals surface area contributed by atoms with Crippen molar-refractivity contribution in [3.63, 3.8) is 0 Å². The Kier molecular flexibility index (Phi) is 5.22. The number of esters is 1. The lowest BCUT2D eigenvalue weighted by atomic mass is 10.1. The fourth-order valence-electron chi connectivity index (χ4n) is 3.18. The quantitative estimate of drug-likeness (QED) is 0.290. The smallest absolute Gasteiger partial charge is 0.364 e. The molecule has 0 radical (unpaired) electrons. The monoisotopic (exact) mass is 398 g/mol. The van der Waals surface area contributed by atoms with Crippen LogP contribution in [0.1, 0.15) is 33.3 Å². The summed E-state index contributed by atoms with van der Waals surface area (Å²) in [6, 6.07) is 22.6. The van der Waals surface area contributed by atoms with Crippen molar-refractivity contribution in [3.8, 4) is 5.75 Å². The second kappa shape index (κ2) is 8.13. The molecule has 3 aromatic carbocycles. The van der Waals surface area contributed by atoms with Crippen LogP contribution in [0.3, 0.4) is 0 Å². The largest absolute Gasteiger partial charge is 0.422 e. The highest BCUT2D eigenvalue weighted by molar-refractivity contribution is 6.03. The topological polar surface area (TPSA) is 78.3 Å². The van der Waals surface area contributed by atoms with Gasteiger partial charge in [-0.15, -0.1) is 0 Å². The third-order valence-corrected chi connectivity index (χ3v) is 4.69. The van der Waals surface area contributed by atoms with Crippen LogP contribution >= 0.6 is 0 Å². The Hall–Kier alpha value is -4.06. The normalized spacial score (nSPS) is 10.7. The Labute approximate surface area is 172 Å². The number of carbonyl (C=O) groups is 2. The van der Waals surface area contributed by atoms with Gasteiger partial charge in [0, 0.05) is 10.9 Å². The van der Waals surface area contributed by atoms with E-state index in [1.54, 1.807) is 42.5 Å². The highest BCUT2D eigenvalue weighted by Crippen LogP contribution is 2.19. The molecule has 148 valence electrons. The van der Waals surface area contributed by atoms with Gasteiger partial charge in [0.25, 0.3) is 5.56 Å². The molecule has 6 heteroatoms. The predicted octanol–water partition coefficient (Wildman–Crippen LogP) is 3.87. The van der Waals surface area contributed by atoms with Gasteiger partial charge in [0.1, 0.15) is 5.75 Å². The first-order valence-corrected chi connectivity index (χ1v) is 9.40. The van der Waals surface area contributed by atoms with Crippen molar-refractivity contribution in [1.82, 2.24) is 9.78 Å². The van der Waals surface area contributed by atoms with Crippen molar-refractivity contribution in [2.24, 2.45) is 0 Å². The maximum Gasteiger partial charge on any atom is 0.364 e. The molecule has 0 aliphatic carbocycles. The average molecular weight is 398 g/mol. The van der Waals surface area contributed by atoms with Crippen LogP contribution in [0.25, 0.3) is 10.8 Å². The molecule has 0 aliphatic rings. The van der Waals surface area contributed by atoms with E-state index in [4.69, 9.17) is 4.74 Å². The average Bonchev–Trinajstić information content (AvgIpc) is 2.76. The van der Waals surface area contributed by atoms with E-state index in [0.29, 0.717) is 16.3 Å². The van der Waals surface area contributed by atoms with Crippen LogP contribution in [0, 0.1) is 0 Å². The molecule has 0 amide bonds. The van der Waals surface area contributed by atoms with E-state index in [9.17, 15) is 14.4 Å². The van der Waals surface area contributed by atoms with Crippen molar-refractivity contribution < 1.29 is 14.3 Å². The molecule has 0 N–H and O–H groups in total. The van der Waals surface area contributed by atoms with E-state index in [0.717, 1.165) is 5.56 Å². The summed E-state index contributed by atoms with van der Waals surface area (Å²) in [5.74, 6) is -0.596. The lowest BCUT2D eigenvalue weighted by Crippen LogP contribution is -2.27. The minimum absolute atomic E-state index is 0.0364. The molecular formula is C24H18N2O4. The number of benzene rings is 3. The first-order chi connectivity index (χ1) is 14.5. The number of hydrogen-bond donors (Lipinski definition) is 0. The SMILES string of the molecule is CC(=O)c1cccc(OC(=O)c2nn(Cc3ccccc3)c(=O)c3ccccc23)c1. The third-order valence-electron chi connectivity index (χ3n) is 4.69. The number of aromatic nitrogens is 2. The molecule has 1 heterocycles. The van der Waals surface area contributed by atoms with Gasteiger partial charge in [0.05, 0.1) is 11.9 Å². The van der Waals surface area contributed by atoms with E-state index in [-0.39, 0.29) is 29.3 Å². The predicted molar refractivity (Wildman–Crippen MR) is 113 cm³/mol. The van der Waals surface area contributed by atoms with Gasteiger partial charge in [-0.3, -0.25) is 9.59 Å². The molecule has 4 rings (SSSR count). The highest BCUT2D eigenvalue weighted by atomic mass is 16.5. The summed E-state index contributed by atoms with van der Waals surface area (Å²) >= 11 is 0. The zero-order valence-corrected chi connectivity index (χ0v) is 16.2. The molecule has 0 fully saturated rings. The first-order valence-electron chi connectivity index (χ1n) is 9.40. The van der Waals surface area contributed by atoms with Crippen LogP contribution in [-0.4, -0.2) is 21.5 Å². The van der Waals surface area contributed by atoms with Gasteiger partial charge in [-0.2, -0.15) is 5.10 Å². The van der Waals surface area contributed by atoms with Gasteiger partial charge >= 0.3 is 5.97 Å². The third kappa shape index (κ3) is 3.89. The molecule has 0 saturated carbocycles. The molecular weight excluding hydrogens is 380 g/mol. The van der Waals surface area contributed by atoms with Crippen LogP contribution in [0.4, 0.5) is 0 Å². The zero-order chi connectivity index (χ0) is 21.1. The number of ether oxygens (including phenoxy) is 1. The number of Topliss-reactive ketones (excluding diaryl/α,β-unsaturated/α-hetero) is 1. The second-order valence-electron chi connectivity index (χ2n) is 6.82. The first kappa shape index (κ1) is 19.3. The minimum Gasteiger partial charge on any atom is -0.422 e. The summed E-state index contributed by atoms with van der Waals surface area (Å²) in [6.45, 7) is 1.67. The number of nitrogens with zero attached hydrogens (tertiary/aromatic N) is 2. The molecule has 0 saturated heterocycles. The number of hydrogen-bond acceptors (Lipinski definition) is 5. The fourth-order valence-corrected chi connectivity index (χ4v) is 3.18. The summed E-state index contributed by atoms with van der Waals surface area (Å²) in [5.41, 5.74) is 1.07. The Morgan fingerprint density at radius 3 is 2.33 bits per heavy atom. The van der Waals surface area contributed by atoms with Crippen LogP contribution < -0.4 is 10.3 Å². The van der Waals surface area contributed by atoms with E-state index < -0.39 is 5.97 Å². The lowest BCUT2D eigenvalue weighted by Gasteiger charge is -2.11. The number of rotatable bonds is 5. The summed E-state index contributed by atoms with van der Waals surface area (Å²) < 4.78 is 6.74. The van der Waals surface area contributed by atoms with Crippen LogP contribution in [0.15, 0.2) is 83.7 Å². The van der Waals surface area contributed by atoms with Crippen molar-refractivity contribution in [2.75, 3.05) is 0 Å². The standard InChI is InChI=1S/C24H18N2O4/c1-16(27)18-10-7-11-19(14-18)30-24(29)22-20-12-5-6-13-21(20)23(28)26(25-22)15-17-8-3-2-4-9-17/h2-14H,15H2,1H3. The van der Waals surface area contributed by atoms with E-state index in [2.05, 4.69) is 5.10 Å². The molecule has 1 aromatic heterocycles. The lowest BCUT2D eigenvalue weighted by molar-refractivity contribution is 0.0727. The van der Waals surface area contributed by atoms with E-state index in [1.165, 1.54) is 17.7 Å². The van der Waals surface area contributed by atoms with Crippen molar-refractivity contribution in [3.05, 3.63) is 106 Å². The molecule has 30 heavy (non-hydrogen) atoms. The van der Waals surface area contributed by atoms with Gasteiger partial charge in [0.2, 0.25) is 0 Å². The number of fused-ring (bicyclic) bond motifs is 1. The minimum atomic E-state index is -0.700. The maximum atomic E-state index is 12.9. The molecule has 0 aliphatic heterocycles. The van der Waals surface area contributed by atoms with Gasteiger partial charge in [-0.1, -0.05) is 60.7 Å². The van der Waals surface area contributed by atoms with Gasteiger partial charge in [-0.25, -0.2) is 9.48 Å². The second-order valence-corrected chi connectivity index (χ2v) is 6.82. The number of carbonyl (C=O) groups excluding carboxylic acids is 2. The molecule has 0 atom stereocenters. The Bertz CT molecular complexity index is 1310. The summed E-state index contributed by atoms with van der Waals surface area (Å²) in [4.78, 5) is 37.4. The molecule has 0 spiro atoms. The summed E-state index contributed by atoms with van der Waals surface area (Å²) in [5, 5.41) is 5.11. The molecule has 0 bridgehead atoms.